The molecule has 0 radical (unpaired) electrons. The minimum absolute atomic E-state index is 0.534. The summed E-state index contributed by atoms with van der Waals surface area (Å²) in [7, 11) is 0. The lowest BCUT2D eigenvalue weighted by atomic mass is 9.91. The van der Waals surface area contributed by atoms with Crippen molar-refractivity contribution in [2.75, 3.05) is 18.0 Å². The van der Waals surface area contributed by atoms with Crippen molar-refractivity contribution in [3.63, 3.8) is 0 Å². The number of para-hydroxylation sites is 1. The molecule has 1 aliphatic carbocycles. The lowest BCUT2D eigenvalue weighted by molar-refractivity contribution is 0.533. The molecule has 1 heteroatoms. The molecule has 0 bridgehead atoms. The van der Waals surface area contributed by atoms with E-state index in [1.165, 1.54) is 23.2 Å². The molecule has 2 unspecified atom stereocenters. The molecule has 154 valence electrons. The maximum absolute atomic E-state index is 3.90. The van der Waals surface area contributed by atoms with Gasteiger partial charge in [-0.15, -0.1) is 6.58 Å². The number of rotatable bonds is 8. The second-order valence-electron chi connectivity index (χ2n) is 7.96. The van der Waals surface area contributed by atoms with Gasteiger partial charge in [-0.25, -0.2) is 0 Å². The van der Waals surface area contributed by atoms with Crippen LogP contribution in [0.3, 0.4) is 0 Å². The lowest BCUT2D eigenvalue weighted by Crippen LogP contribution is -2.33. The van der Waals surface area contributed by atoms with Crippen LogP contribution in [0, 0.1) is 11.8 Å². The summed E-state index contributed by atoms with van der Waals surface area (Å²) in [5, 5.41) is 0. The zero-order chi connectivity index (χ0) is 20.9. The Kier molecular flexibility index (Phi) is 10.1. The van der Waals surface area contributed by atoms with E-state index in [4.69, 9.17) is 0 Å². The van der Waals surface area contributed by atoms with Crippen LogP contribution in [0.15, 0.2) is 91.5 Å². The van der Waals surface area contributed by atoms with E-state index in [0.29, 0.717) is 11.8 Å². The van der Waals surface area contributed by atoms with Crippen LogP contribution in [-0.2, 0) is 0 Å². The zero-order valence-electron chi connectivity index (χ0n) is 18.4. The van der Waals surface area contributed by atoms with Gasteiger partial charge in [-0.1, -0.05) is 100 Å². The highest BCUT2D eigenvalue weighted by molar-refractivity contribution is 5.75. The Hall–Kier alpha value is -2.54. The highest BCUT2D eigenvalue weighted by Crippen LogP contribution is 2.27. The number of nitrogens with zero attached hydrogens (tertiary/aromatic N) is 1. The Morgan fingerprint density at radius 1 is 1.03 bits per heavy atom. The van der Waals surface area contributed by atoms with Gasteiger partial charge in [0.05, 0.1) is 0 Å². The Morgan fingerprint density at radius 3 is 2.28 bits per heavy atom. The fourth-order valence-corrected chi connectivity index (χ4v) is 3.64. The number of hydrogen-bond donors (Lipinski definition) is 0. The summed E-state index contributed by atoms with van der Waals surface area (Å²) in [6, 6.07) is 21.5. The summed E-state index contributed by atoms with van der Waals surface area (Å²) < 4.78 is 0. The first kappa shape index (κ1) is 22.7. The molecular formula is C28H37N. The van der Waals surface area contributed by atoms with Crippen molar-refractivity contribution >= 4 is 11.3 Å². The molecule has 1 aliphatic rings. The average molecular weight is 388 g/mol. The maximum atomic E-state index is 3.90. The molecule has 2 atom stereocenters. The highest BCUT2D eigenvalue weighted by Gasteiger charge is 2.17. The SMILES string of the molecule is C=CCC(C)CN(CC1C=C(c2ccccc2)C=CC1)c1ccccc1.CCC. The predicted octanol–water partition coefficient (Wildman–Crippen LogP) is 7.78. The number of benzene rings is 2. The van der Waals surface area contributed by atoms with Gasteiger partial charge < -0.3 is 4.90 Å². The third kappa shape index (κ3) is 7.77. The minimum Gasteiger partial charge on any atom is -0.371 e. The molecule has 0 amide bonds. The van der Waals surface area contributed by atoms with Gasteiger partial charge in [0.15, 0.2) is 0 Å². The van der Waals surface area contributed by atoms with Gasteiger partial charge in [0.2, 0.25) is 0 Å². The molecule has 0 aromatic heterocycles. The number of hydrogen-bond acceptors (Lipinski definition) is 1. The van der Waals surface area contributed by atoms with Crippen molar-refractivity contribution in [3.05, 3.63) is 97.1 Å². The van der Waals surface area contributed by atoms with Crippen molar-refractivity contribution < 1.29 is 0 Å². The molecular weight excluding hydrogens is 350 g/mol. The van der Waals surface area contributed by atoms with Crippen LogP contribution >= 0.6 is 0 Å². The van der Waals surface area contributed by atoms with E-state index in [-0.39, 0.29) is 0 Å². The summed E-state index contributed by atoms with van der Waals surface area (Å²) in [5.74, 6) is 1.13. The average Bonchev–Trinajstić information content (AvgIpc) is 2.75. The van der Waals surface area contributed by atoms with Gasteiger partial charge in [-0.3, -0.25) is 0 Å². The molecule has 0 spiro atoms. The van der Waals surface area contributed by atoms with E-state index < -0.39 is 0 Å². The van der Waals surface area contributed by atoms with Crippen molar-refractivity contribution in [2.24, 2.45) is 11.8 Å². The van der Waals surface area contributed by atoms with Gasteiger partial charge in [0.1, 0.15) is 0 Å². The van der Waals surface area contributed by atoms with Gasteiger partial charge in [0.25, 0.3) is 0 Å². The van der Waals surface area contributed by atoms with E-state index in [1.807, 2.05) is 6.08 Å². The molecule has 0 saturated carbocycles. The molecule has 1 nitrogen and oxygen atoms in total. The molecule has 0 fully saturated rings. The minimum atomic E-state index is 0.534. The van der Waals surface area contributed by atoms with Crippen molar-refractivity contribution in [3.8, 4) is 0 Å². The molecule has 0 aliphatic heterocycles. The van der Waals surface area contributed by atoms with Crippen molar-refractivity contribution in [1.29, 1.82) is 0 Å². The molecule has 0 N–H and O–H groups in total. The van der Waals surface area contributed by atoms with Crippen LogP contribution in [0.1, 0.15) is 45.6 Å². The normalized spacial score (nSPS) is 16.2. The van der Waals surface area contributed by atoms with Gasteiger partial charge in [-0.2, -0.15) is 0 Å². The van der Waals surface area contributed by atoms with Gasteiger partial charge in [0, 0.05) is 18.8 Å². The standard InChI is InChI=1S/C25H29N.C3H8/c1-3-11-21(2)19-26(25-16-8-5-9-17-25)20-22-12-10-15-24(18-22)23-13-6-4-7-14-23;1-3-2/h3-10,13-18,21-22H,1,11-12,19-20H2,2H3;3H2,1-2H3. The third-order valence-electron chi connectivity index (χ3n) is 4.94. The zero-order valence-corrected chi connectivity index (χ0v) is 18.4. The first-order valence-electron chi connectivity index (χ1n) is 11.0. The maximum Gasteiger partial charge on any atom is 0.0366 e. The Balaban J connectivity index is 0.000000941. The first-order chi connectivity index (χ1) is 14.2. The Morgan fingerprint density at radius 2 is 1.66 bits per heavy atom. The van der Waals surface area contributed by atoms with E-state index >= 15 is 0 Å². The largest absolute Gasteiger partial charge is 0.371 e. The van der Waals surface area contributed by atoms with E-state index in [1.54, 1.807) is 0 Å². The van der Waals surface area contributed by atoms with E-state index in [0.717, 1.165) is 25.9 Å². The molecule has 2 aromatic rings. The molecule has 0 heterocycles. The van der Waals surface area contributed by atoms with Crippen LogP contribution in [-0.4, -0.2) is 13.1 Å². The molecule has 3 rings (SSSR count). The van der Waals surface area contributed by atoms with E-state index in [2.05, 4.69) is 111 Å². The van der Waals surface area contributed by atoms with Crippen LogP contribution in [0.5, 0.6) is 0 Å². The second kappa shape index (κ2) is 12.8. The van der Waals surface area contributed by atoms with Crippen molar-refractivity contribution in [2.45, 2.75) is 40.0 Å². The van der Waals surface area contributed by atoms with Crippen LogP contribution in [0.4, 0.5) is 5.69 Å². The monoisotopic (exact) mass is 387 g/mol. The van der Waals surface area contributed by atoms with Gasteiger partial charge in [-0.05, 0) is 47.9 Å². The summed E-state index contributed by atoms with van der Waals surface area (Å²) >= 11 is 0. The summed E-state index contributed by atoms with van der Waals surface area (Å²) in [5.41, 5.74) is 3.96. The summed E-state index contributed by atoms with van der Waals surface area (Å²) in [6.45, 7) is 12.6. The Bertz CT molecular complexity index is 757. The fourth-order valence-electron chi connectivity index (χ4n) is 3.64. The van der Waals surface area contributed by atoms with Crippen LogP contribution in [0.25, 0.3) is 5.57 Å². The molecule has 2 aromatic carbocycles. The quantitative estimate of drug-likeness (QED) is 0.418. The van der Waals surface area contributed by atoms with Crippen molar-refractivity contribution in [1.82, 2.24) is 0 Å². The topological polar surface area (TPSA) is 3.24 Å². The smallest absolute Gasteiger partial charge is 0.0366 e. The predicted molar refractivity (Wildman–Crippen MR) is 130 cm³/mol. The third-order valence-corrected chi connectivity index (χ3v) is 4.94. The second-order valence-corrected chi connectivity index (χ2v) is 7.96. The first-order valence-corrected chi connectivity index (χ1v) is 11.0. The van der Waals surface area contributed by atoms with E-state index in [9.17, 15) is 0 Å². The Labute approximate surface area is 178 Å². The highest BCUT2D eigenvalue weighted by atomic mass is 15.1. The number of anilines is 1. The van der Waals surface area contributed by atoms with Gasteiger partial charge >= 0.3 is 0 Å². The molecule has 29 heavy (non-hydrogen) atoms. The lowest BCUT2D eigenvalue weighted by Gasteiger charge is -2.31. The van der Waals surface area contributed by atoms with Crippen LogP contribution in [0.2, 0.25) is 0 Å². The summed E-state index contributed by atoms with van der Waals surface area (Å²) in [4.78, 5) is 2.54. The van der Waals surface area contributed by atoms with Crippen LogP contribution < -0.4 is 4.90 Å². The number of allylic oxidation sites excluding steroid dienone is 4. The molecule has 0 saturated heterocycles. The fraction of sp³-hybridized carbons (Fsp3) is 0.357. The summed E-state index contributed by atoms with van der Waals surface area (Å²) in [6.07, 6.45) is 12.5.